The molecule has 5 heteroatoms. The molecule has 0 aromatic heterocycles. The van der Waals surface area contributed by atoms with Crippen molar-refractivity contribution in [2.75, 3.05) is 7.11 Å². The number of ether oxygens (including phenoxy) is 1. The second-order valence-electron chi connectivity index (χ2n) is 4.73. The molecule has 106 valence electrons. The van der Waals surface area contributed by atoms with Crippen molar-refractivity contribution in [3.8, 4) is 5.75 Å². The maximum Gasteiger partial charge on any atom is 0.224 e. The van der Waals surface area contributed by atoms with Crippen molar-refractivity contribution >= 4 is 18.3 Å². The summed E-state index contributed by atoms with van der Waals surface area (Å²) in [4.78, 5) is 12.0. The molecule has 0 heterocycles. The van der Waals surface area contributed by atoms with Crippen LogP contribution in [0.2, 0.25) is 0 Å². The zero-order valence-corrected chi connectivity index (χ0v) is 11.9. The Kier molecular flexibility index (Phi) is 6.12. The lowest BCUT2D eigenvalue weighted by Gasteiger charge is -2.16. The molecule has 2 atom stereocenters. The Morgan fingerprint density at radius 2 is 2.16 bits per heavy atom. The summed E-state index contributed by atoms with van der Waals surface area (Å²) in [5.41, 5.74) is 6.91. The van der Waals surface area contributed by atoms with Crippen LogP contribution in [0.15, 0.2) is 24.3 Å². The lowest BCUT2D eigenvalue weighted by Crippen LogP contribution is -2.38. The molecule has 3 N–H and O–H groups in total. The molecular weight excluding hydrogens is 264 g/mol. The van der Waals surface area contributed by atoms with Crippen LogP contribution in [0, 0.1) is 5.92 Å². The fourth-order valence-electron chi connectivity index (χ4n) is 2.48. The molecule has 1 aromatic carbocycles. The minimum Gasteiger partial charge on any atom is -0.496 e. The first-order chi connectivity index (χ1) is 8.72. The van der Waals surface area contributed by atoms with E-state index in [1.165, 1.54) is 0 Å². The van der Waals surface area contributed by atoms with Gasteiger partial charge in [-0.2, -0.15) is 0 Å². The van der Waals surface area contributed by atoms with E-state index in [-0.39, 0.29) is 30.3 Å². The summed E-state index contributed by atoms with van der Waals surface area (Å²) in [6.45, 7) is 0.492. The number of nitrogens with one attached hydrogen (secondary N) is 1. The molecule has 0 radical (unpaired) electrons. The predicted molar refractivity (Wildman–Crippen MR) is 77.4 cm³/mol. The molecule has 0 bridgehead atoms. The molecule has 1 amide bonds. The van der Waals surface area contributed by atoms with Crippen LogP contribution in [-0.2, 0) is 11.3 Å². The minimum absolute atomic E-state index is 0. The van der Waals surface area contributed by atoms with Crippen LogP contribution in [0.5, 0.6) is 5.75 Å². The van der Waals surface area contributed by atoms with Crippen molar-refractivity contribution in [1.82, 2.24) is 5.32 Å². The first kappa shape index (κ1) is 15.8. The SMILES string of the molecule is COc1ccccc1CNC(=O)C1CCCC1N.Cl. The predicted octanol–water partition coefficient (Wildman–Crippen LogP) is 1.86. The monoisotopic (exact) mass is 284 g/mol. The Bertz CT molecular complexity index is 426. The van der Waals surface area contributed by atoms with Crippen molar-refractivity contribution in [2.45, 2.75) is 31.8 Å². The highest BCUT2D eigenvalue weighted by Gasteiger charge is 2.29. The number of nitrogens with two attached hydrogens (primary N) is 1. The summed E-state index contributed by atoms with van der Waals surface area (Å²) in [6.07, 6.45) is 2.90. The lowest BCUT2D eigenvalue weighted by molar-refractivity contribution is -0.125. The number of carbonyl (C=O) groups is 1. The standard InChI is InChI=1S/C14H20N2O2.ClH/c1-18-13-8-3-2-5-10(13)9-16-14(17)11-6-4-7-12(11)15;/h2-3,5,8,11-12H,4,6-7,9,15H2,1H3,(H,16,17);1H. The number of para-hydroxylation sites is 1. The Labute approximate surface area is 120 Å². The van der Waals surface area contributed by atoms with Crippen LogP contribution >= 0.6 is 12.4 Å². The van der Waals surface area contributed by atoms with Gasteiger partial charge in [-0.25, -0.2) is 0 Å². The third-order valence-electron chi connectivity index (χ3n) is 3.55. The van der Waals surface area contributed by atoms with Gasteiger partial charge in [0.2, 0.25) is 5.91 Å². The molecule has 0 spiro atoms. The van der Waals surface area contributed by atoms with E-state index in [9.17, 15) is 4.79 Å². The van der Waals surface area contributed by atoms with Crippen molar-refractivity contribution in [3.63, 3.8) is 0 Å². The van der Waals surface area contributed by atoms with Gasteiger partial charge in [-0.05, 0) is 18.9 Å². The number of hydrogen-bond donors (Lipinski definition) is 2. The van der Waals surface area contributed by atoms with Gasteiger partial charge in [0.1, 0.15) is 5.75 Å². The molecule has 0 aliphatic heterocycles. The van der Waals surface area contributed by atoms with E-state index in [0.717, 1.165) is 30.6 Å². The van der Waals surface area contributed by atoms with E-state index in [1.807, 2.05) is 24.3 Å². The third-order valence-corrected chi connectivity index (χ3v) is 3.55. The minimum atomic E-state index is -0.0280. The van der Waals surface area contributed by atoms with E-state index in [1.54, 1.807) is 7.11 Å². The van der Waals surface area contributed by atoms with Crippen molar-refractivity contribution in [2.24, 2.45) is 11.7 Å². The average molecular weight is 285 g/mol. The van der Waals surface area contributed by atoms with Crippen LogP contribution in [0.1, 0.15) is 24.8 Å². The third kappa shape index (κ3) is 3.85. The largest absolute Gasteiger partial charge is 0.496 e. The van der Waals surface area contributed by atoms with E-state index in [2.05, 4.69) is 5.32 Å². The Balaban J connectivity index is 0.00000180. The highest BCUT2D eigenvalue weighted by Crippen LogP contribution is 2.24. The molecule has 0 saturated heterocycles. The number of methoxy groups -OCH3 is 1. The van der Waals surface area contributed by atoms with E-state index < -0.39 is 0 Å². The second-order valence-corrected chi connectivity index (χ2v) is 4.73. The fourth-order valence-corrected chi connectivity index (χ4v) is 2.48. The van der Waals surface area contributed by atoms with Crippen LogP contribution in [0.3, 0.4) is 0 Å². The lowest BCUT2D eigenvalue weighted by atomic mass is 10.0. The average Bonchev–Trinajstić information content (AvgIpc) is 2.82. The summed E-state index contributed by atoms with van der Waals surface area (Å²) in [5, 5.41) is 2.95. The molecule has 1 saturated carbocycles. The van der Waals surface area contributed by atoms with Crippen LogP contribution in [-0.4, -0.2) is 19.1 Å². The first-order valence-electron chi connectivity index (χ1n) is 6.37. The summed E-state index contributed by atoms with van der Waals surface area (Å²) in [7, 11) is 1.63. The maximum atomic E-state index is 12.0. The molecule has 2 unspecified atom stereocenters. The van der Waals surface area contributed by atoms with Crippen LogP contribution < -0.4 is 15.8 Å². The smallest absolute Gasteiger partial charge is 0.224 e. The number of rotatable bonds is 4. The molecule has 2 rings (SSSR count). The van der Waals surface area contributed by atoms with Crippen LogP contribution in [0.4, 0.5) is 0 Å². The van der Waals surface area contributed by atoms with Gasteiger partial charge in [0, 0.05) is 18.2 Å². The van der Waals surface area contributed by atoms with E-state index in [4.69, 9.17) is 10.5 Å². The molecular formula is C14H21ClN2O2. The van der Waals surface area contributed by atoms with Gasteiger partial charge in [0.05, 0.1) is 13.0 Å². The molecule has 1 aliphatic carbocycles. The van der Waals surface area contributed by atoms with Crippen molar-refractivity contribution in [3.05, 3.63) is 29.8 Å². The molecule has 1 fully saturated rings. The van der Waals surface area contributed by atoms with Gasteiger partial charge in [0.25, 0.3) is 0 Å². The number of carbonyl (C=O) groups excluding carboxylic acids is 1. The summed E-state index contributed by atoms with van der Waals surface area (Å²) >= 11 is 0. The molecule has 1 aliphatic rings. The summed E-state index contributed by atoms with van der Waals surface area (Å²) in [6, 6.07) is 7.71. The zero-order valence-electron chi connectivity index (χ0n) is 11.1. The fraction of sp³-hybridized carbons (Fsp3) is 0.500. The number of halogens is 1. The van der Waals surface area contributed by atoms with Gasteiger partial charge in [-0.3, -0.25) is 4.79 Å². The topological polar surface area (TPSA) is 64.3 Å². The zero-order chi connectivity index (χ0) is 13.0. The molecule has 4 nitrogen and oxygen atoms in total. The Hall–Kier alpha value is -1.26. The van der Waals surface area contributed by atoms with Gasteiger partial charge >= 0.3 is 0 Å². The van der Waals surface area contributed by atoms with Crippen LogP contribution in [0.25, 0.3) is 0 Å². The quantitative estimate of drug-likeness (QED) is 0.887. The number of benzene rings is 1. The number of amides is 1. The number of hydrogen-bond acceptors (Lipinski definition) is 3. The van der Waals surface area contributed by atoms with Gasteiger partial charge in [0.15, 0.2) is 0 Å². The van der Waals surface area contributed by atoms with E-state index >= 15 is 0 Å². The first-order valence-corrected chi connectivity index (χ1v) is 6.37. The van der Waals surface area contributed by atoms with Crippen molar-refractivity contribution in [1.29, 1.82) is 0 Å². The highest BCUT2D eigenvalue weighted by atomic mass is 35.5. The summed E-state index contributed by atoms with van der Waals surface area (Å²) in [5.74, 6) is 0.833. The van der Waals surface area contributed by atoms with Gasteiger partial charge in [-0.1, -0.05) is 24.6 Å². The molecule has 19 heavy (non-hydrogen) atoms. The van der Waals surface area contributed by atoms with E-state index in [0.29, 0.717) is 6.54 Å². The summed E-state index contributed by atoms with van der Waals surface area (Å²) < 4.78 is 5.25. The maximum absolute atomic E-state index is 12.0. The Morgan fingerprint density at radius 3 is 2.79 bits per heavy atom. The Morgan fingerprint density at radius 1 is 1.42 bits per heavy atom. The van der Waals surface area contributed by atoms with Gasteiger partial charge in [-0.15, -0.1) is 12.4 Å². The molecule has 1 aromatic rings. The van der Waals surface area contributed by atoms with Crippen molar-refractivity contribution < 1.29 is 9.53 Å². The second kappa shape index (κ2) is 7.36. The normalized spacial score (nSPS) is 21.6. The van der Waals surface area contributed by atoms with Gasteiger partial charge < -0.3 is 15.8 Å². The highest BCUT2D eigenvalue weighted by molar-refractivity contribution is 5.85.